The minimum absolute atomic E-state index is 0.0412. The lowest BCUT2D eigenvalue weighted by atomic mass is 10.1. The van der Waals surface area contributed by atoms with Gasteiger partial charge in [-0.15, -0.1) is 0 Å². The SMILES string of the molecule is COc1ccc(NC(=O)COC(=O)c2c(C=O)ccc(OC)c2OC)cc1Cl. The van der Waals surface area contributed by atoms with Gasteiger partial charge >= 0.3 is 5.97 Å². The van der Waals surface area contributed by atoms with Crippen molar-refractivity contribution in [3.05, 3.63) is 46.5 Å². The van der Waals surface area contributed by atoms with Gasteiger partial charge < -0.3 is 24.3 Å². The molecule has 0 spiro atoms. The molecule has 2 aromatic rings. The fraction of sp³-hybridized carbons (Fsp3) is 0.211. The Morgan fingerprint density at radius 1 is 1.04 bits per heavy atom. The summed E-state index contributed by atoms with van der Waals surface area (Å²) in [5, 5.41) is 2.85. The van der Waals surface area contributed by atoms with Crippen LogP contribution in [0.3, 0.4) is 0 Å². The number of nitrogens with one attached hydrogen (secondary N) is 1. The third-order valence-corrected chi connectivity index (χ3v) is 3.97. The smallest absolute Gasteiger partial charge is 0.343 e. The van der Waals surface area contributed by atoms with Gasteiger partial charge in [0.1, 0.15) is 11.3 Å². The normalized spacial score (nSPS) is 10.0. The Kier molecular flexibility index (Phi) is 7.22. The maximum Gasteiger partial charge on any atom is 0.343 e. The van der Waals surface area contributed by atoms with Crippen molar-refractivity contribution >= 4 is 35.5 Å². The van der Waals surface area contributed by atoms with Crippen LogP contribution in [0.5, 0.6) is 17.2 Å². The van der Waals surface area contributed by atoms with Gasteiger partial charge in [-0.05, 0) is 30.3 Å². The second-order valence-electron chi connectivity index (χ2n) is 5.36. The number of halogens is 1. The van der Waals surface area contributed by atoms with Gasteiger partial charge in [-0.2, -0.15) is 0 Å². The lowest BCUT2D eigenvalue weighted by Crippen LogP contribution is -2.22. The Balaban J connectivity index is 2.10. The average Bonchev–Trinajstić information content (AvgIpc) is 2.70. The third kappa shape index (κ3) is 4.72. The monoisotopic (exact) mass is 407 g/mol. The highest BCUT2D eigenvalue weighted by Crippen LogP contribution is 2.33. The van der Waals surface area contributed by atoms with Gasteiger partial charge in [-0.3, -0.25) is 9.59 Å². The Labute approximate surface area is 166 Å². The number of aldehydes is 1. The van der Waals surface area contributed by atoms with E-state index in [1.54, 1.807) is 12.1 Å². The van der Waals surface area contributed by atoms with Crippen molar-refractivity contribution in [1.29, 1.82) is 0 Å². The summed E-state index contributed by atoms with van der Waals surface area (Å²) in [6.45, 7) is -0.582. The highest BCUT2D eigenvalue weighted by molar-refractivity contribution is 6.32. The summed E-state index contributed by atoms with van der Waals surface area (Å²) < 4.78 is 20.3. The maximum absolute atomic E-state index is 12.4. The summed E-state index contributed by atoms with van der Waals surface area (Å²) in [4.78, 5) is 35.7. The molecule has 8 nitrogen and oxygen atoms in total. The molecule has 0 fully saturated rings. The van der Waals surface area contributed by atoms with Crippen LogP contribution in [0.1, 0.15) is 20.7 Å². The van der Waals surface area contributed by atoms with E-state index in [4.69, 9.17) is 30.5 Å². The first kappa shape index (κ1) is 21.0. The standard InChI is InChI=1S/C19H18ClNO7/c1-25-14-7-5-12(8-13(14)20)21-16(23)10-28-19(24)17-11(9-22)4-6-15(26-2)18(17)27-3/h4-9H,10H2,1-3H3,(H,21,23). The molecule has 148 valence electrons. The van der Waals surface area contributed by atoms with Crippen LogP contribution in [-0.4, -0.2) is 46.1 Å². The zero-order valence-electron chi connectivity index (χ0n) is 15.4. The van der Waals surface area contributed by atoms with Gasteiger partial charge in [0.15, 0.2) is 24.4 Å². The molecular formula is C19H18ClNO7. The van der Waals surface area contributed by atoms with Gasteiger partial charge in [0.05, 0.1) is 26.4 Å². The minimum Gasteiger partial charge on any atom is -0.495 e. The van der Waals surface area contributed by atoms with E-state index in [2.05, 4.69) is 5.32 Å². The van der Waals surface area contributed by atoms with Crippen molar-refractivity contribution in [2.24, 2.45) is 0 Å². The Morgan fingerprint density at radius 3 is 2.29 bits per heavy atom. The molecular weight excluding hydrogens is 390 g/mol. The van der Waals surface area contributed by atoms with Crippen molar-refractivity contribution in [2.45, 2.75) is 0 Å². The predicted octanol–water partition coefficient (Wildman–Crippen LogP) is 2.97. The molecule has 0 aliphatic heterocycles. The molecule has 0 saturated heterocycles. The van der Waals surface area contributed by atoms with Crippen molar-refractivity contribution in [3.8, 4) is 17.2 Å². The van der Waals surface area contributed by atoms with E-state index in [1.165, 1.54) is 39.5 Å². The molecule has 0 unspecified atom stereocenters. The Morgan fingerprint density at radius 2 is 1.71 bits per heavy atom. The summed E-state index contributed by atoms with van der Waals surface area (Å²) in [6.07, 6.45) is 0.484. The fourth-order valence-electron chi connectivity index (χ4n) is 2.40. The van der Waals surface area contributed by atoms with E-state index in [0.29, 0.717) is 22.7 Å². The summed E-state index contributed by atoms with van der Waals surface area (Å²) >= 11 is 6.00. The molecule has 0 aliphatic rings. The average molecular weight is 408 g/mol. The molecule has 0 aliphatic carbocycles. The Bertz CT molecular complexity index is 898. The van der Waals surface area contributed by atoms with Gasteiger partial charge in [-0.25, -0.2) is 4.79 Å². The quantitative estimate of drug-likeness (QED) is 0.530. The van der Waals surface area contributed by atoms with Gasteiger partial charge in [-0.1, -0.05) is 11.6 Å². The molecule has 1 N–H and O–H groups in total. The van der Waals surface area contributed by atoms with Crippen LogP contribution in [0, 0.1) is 0 Å². The van der Waals surface area contributed by atoms with E-state index in [9.17, 15) is 14.4 Å². The van der Waals surface area contributed by atoms with Crippen LogP contribution < -0.4 is 19.5 Å². The zero-order chi connectivity index (χ0) is 20.7. The fourth-order valence-corrected chi connectivity index (χ4v) is 2.65. The van der Waals surface area contributed by atoms with Crippen LogP contribution >= 0.6 is 11.6 Å². The van der Waals surface area contributed by atoms with E-state index >= 15 is 0 Å². The minimum atomic E-state index is -0.902. The van der Waals surface area contributed by atoms with Crippen molar-refractivity contribution in [3.63, 3.8) is 0 Å². The molecule has 0 saturated carbocycles. The number of esters is 1. The van der Waals surface area contributed by atoms with E-state index in [-0.39, 0.29) is 22.6 Å². The first-order valence-electron chi connectivity index (χ1n) is 7.95. The molecule has 0 heterocycles. The maximum atomic E-state index is 12.4. The second-order valence-corrected chi connectivity index (χ2v) is 5.76. The number of benzene rings is 2. The van der Waals surface area contributed by atoms with E-state index in [1.807, 2.05) is 0 Å². The third-order valence-electron chi connectivity index (χ3n) is 3.68. The lowest BCUT2D eigenvalue weighted by Gasteiger charge is -2.14. The van der Waals surface area contributed by atoms with Gasteiger partial charge in [0.2, 0.25) is 0 Å². The molecule has 2 aromatic carbocycles. The van der Waals surface area contributed by atoms with Crippen LogP contribution in [0.15, 0.2) is 30.3 Å². The summed E-state index contributed by atoms with van der Waals surface area (Å²) in [7, 11) is 4.18. The van der Waals surface area contributed by atoms with E-state index in [0.717, 1.165) is 0 Å². The van der Waals surface area contributed by atoms with Crippen LogP contribution in [0.25, 0.3) is 0 Å². The number of anilines is 1. The summed E-state index contributed by atoms with van der Waals surface area (Å²) in [5.74, 6) is -0.751. The van der Waals surface area contributed by atoms with Gasteiger partial charge in [0.25, 0.3) is 5.91 Å². The number of carbonyl (C=O) groups is 3. The van der Waals surface area contributed by atoms with Gasteiger partial charge in [0, 0.05) is 11.3 Å². The van der Waals surface area contributed by atoms with Crippen LogP contribution in [0.2, 0.25) is 5.02 Å². The molecule has 0 aromatic heterocycles. The number of carbonyl (C=O) groups excluding carboxylic acids is 3. The lowest BCUT2D eigenvalue weighted by molar-refractivity contribution is -0.119. The van der Waals surface area contributed by atoms with Crippen molar-refractivity contribution < 1.29 is 33.3 Å². The highest BCUT2D eigenvalue weighted by Gasteiger charge is 2.23. The molecule has 0 radical (unpaired) electrons. The molecule has 9 heteroatoms. The first-order valence-corrected chi connectivity index (χ1v) is 8.33. The highest BCUT2D eigenvalue weighted by atomic mass is 35.5. The van der Waals surface area contributed by atoms with Crippen molar-refractivity contribution in [2.75, 3.05) is 33.3 Å². The summed E-state index contributed by atoms with van der Waals surface area (Å²) in [5.41, 5.74) is 0.321. The number of hydrogen-bond donors (Lipinski definition) is 1. The molecule has 0 bridgehead atoms. The molecule has 1 amide bonds. The molecule has 0 atom stereocenters. The van der Waals surface area contributed by atoms with Crippen LogP contribution in [0.4, 0.5) is 5.69 Å². The zero-order valence-corrected chi connectivity index (χ0v) is 16.2. The first-order chi connectivity index (χ1) is 13.4. The molecule has 28 heavy (non-hydrogen) atoms. The Hall–Kier alpha value is -3.26. The van der Waals surface area contributed by atoms with Crippen molar-refractivity contribution in [1.82, 2.24) is 0 Å². The van der Waals surface area contributed by atoms with Crippen LogP contribution in [-0.2, 0) is 9.53 Å². The summed E-state index contributed by atoms with van der Waals surface area (Å²) in [6, 6.07) is 7.54. The largest absolute Gasteiger partial charge is 0.495 e. The predicted molar refractivity (Wildman–Crippen MR) is 102 cm³/mol. The number of amides is 1. The number of hydrogen-bond acceptors (Lipinski definition) is 7. The van der Waals surface area contributed by atoms with E-state index < -0.39 is 18.5 Å². The number of methoxy groups -OCH3 is 3. The molecule has 2 rings (SSSR count). The second kappa shape index (κ2) is 9.61. The number of ether oxygens (including phenoxy) is 4. The number of rotatable bonds is 8. The topological polar surface area (TPSA) is 100 Å².